The average Bonchev–Trinajstić information content (AvgIpc) is 2.68. The Morgan fingerprint density at radius 1 is 0.889 bits per heavy atom. The minimum Gasteiger partial charge on any atom is -0.324 e. The minimum atomic E-state index is -0.162. The van der Waals surface area contributed by atoms with E-state index in [2.05, 4.69) is 22.5 Å². The Balaban J connectivity index is 1.82. The number of nitrogens with one attached hydrogen (secondary N) is 2. The summed E-state index contributed by atoms with van der Waals surface area (Å²) in [6.07, 6.45) is 2.52. The number of aryl methyl sites for hydroxylation is 1. The molecule has 0 aliphatic carbocycles. The van der Waals surface area contributed by atoms with E-state index >= 15 is 0 Å². The SMILES string of the molecule is CCc1ccccc1NC(=O)c1ccc(-c2ncccc2NC(C)=O)cc1. The number of para-hydroxylation sites is 1. The van der Waals surface area contributed by atoms with Crippen molar-refractivity contribution in [2.75, 3.05) is 10.6 Å². The van der Waals surface area contributed by atoms with Gasteiger partial charge in [-0.2, -0.15) is 0 Å². The van der Waals surface area contributed by atoms with Crippen LogP contribution >= 0.6 is 0 Å². The van der Waals surface area contributed by atoms with Crippen molar-refractivity contribution in [2.24, 2.45) is 0 Å². The summed E-state index contributed by atoms with van der Waals surface area (Å²) in [5.74, 6) is -0.319. The molecule has 2 aromatic carbocycles. The Bertz CT molecular complexity index is 965. The highest BCUT2D eigenvalue weighted by Gasteiger charge is 2.11. The fraction of sp³-hybridized carbons (Fsp3) is 0.136. The molecule has 1 heterocycles. The van der Waals surface area contributed by atoms with Crippen molar-refractivity contribution in [1.82, 2.24) is 4.98 Å². The summed E-state index contributed by atoms with van der Waals surface area (Å²) < 4.78 is 0. The average molecular weight is 359 g/mol. The number of anilines is 2. The van der Waals surface area contributed by atoms with E-state index in [1.807, 2.05) is 36.4 Å². The van der Waals surface area contributed by atoms with Crippen LogP contribution in [0.1, 0.15) is 29.8 Å². The molecule has 1 aromatic heterocycles. The summed E-state index contributed by atoms with van der Waals surface area (Å²) in [7, 11) is 0. The lowest BCUT2D eigenvalue weighted by atomic mass is 10.1. The third kappa shape index (κ3) is 4.39. The molecule has 0 fully saturated rings. The number of hydrogen-bond acceptors (Lipinski definition) is 3. The summed E-state index contributed by atoms with van der Waals surface area (Å²) in [4.78, 5) is 28.3. The monoisotopic (exact) mass is 359 g/mol. The maximum atomic E-state index is 12.6. The summed E-state index contributed by atoms with van der Waals surface area (Å²) >= 11 is 0. The molecule has 2 amide bonds. The Kier molecular flexibility index (Phi) is 5.61. The summed E-state index contributed by atoms with van der Waals surface area (Å²) in [5, 5.41) is 5.74. The van der Waals surface area contributed by atoms with Gasteiger partial charge in [0.25, 0.3) is 5.91 Å². The van der Waals surface area contributed by atoms with Crippen molar-refractivity contribution in [3.8, 4) is 11.3 Å². The first-order chi connectivity index (χ1) is 13.1. The van der Waals surface area contributed by atoms with Crippen molar-refractivity contribution in [3.63, 3.8) is 0 Å². The highest BCUT2D eigenvalue weighted by atomic mass is 16.2. The normalized spacial score (nSPS) is 10.3. The molecule has 3 aromatic rings. The molecule has 0 aliphatic rings. The van der Waals surface area contributed by atoms with Gasteiger partial charge in [0.1, 0.15) is 0 Å². The molecular formula is C22H21N3O2. The van der Waals surface area contributed by atoms with Crippen molar-refractivity contribution in [2.45, 2.75) is 20.3 Å². The quantitative estimate of drug-likeness (QED) is 0.703. The van der Waals surface area contributed by atoms with Gasteiger partial charge in [-0.1, -0.05) is 37.3 Å². The molecular weight excluding hydrogens is 338 g/mol. The lowest BCUT2D eigenvalue weighted by Gasteiger charge is -2.11. The van der Waals surface area contributed by atoms with E-state index in [0.29, 0.717) is 16.9 Å². The lowest BCUT2D eigenvalue weighted by molar-refractivity contribution is -0.114. The van der Waals surface area contributed by atoms with Gasteiger partial charge in [0.15, 0.2) is 0 Å². The molecule has 0 radical (unpaired) electrons. The number of aromatic nitrogens is 1. The fourth-order valence-corrected chi connectivity index (χ4v) is 2.85. The van der Waals surface area contributed by atoms with Crippen LogP contribution in [-0.2, 0) is 11.2 Å². The molecule has 0 saturated carbocycles. The van der Waals surface area contributed by atoms with Gasteiger partial charge in [-0.15, -0.1) is 0 Å². The Morgan fingerprint density at radius 3 is 2.30 bits per heavy atom. The zero-order valence-electron chi connectivity index (χ0n) is 15.3. The molecule has 3 rings (SSSR count). The predicted molar refractivity (Wildman–Crippen MR) is 108 cm³/mol. The largest absolute Gasteiger partial charge is 0.324 e. The minimum absolute atomic E-state index is 0.158. The third-order valence-electron chi connectivity index (χ3n) is 4.19. The molecule has 0 spiro atoms. The molecule has 27 heavy (non-hydrogen) atoms. The maximum absolute atomic E-state index is 12.6. The van der Waals surface area contributed by atoms with E-state index in [-0.39, 0.29) is 11.8 Å². The van der Waals surface area contributed by atoms with Crippen LogP contribution in [0.4, 0.5) is 11.4 Å². The van der Waals surface area contributed by atoms with Crippen molar-refractivity contribution >= 4 is 23.2 Å². The third-order valence-corrected chi connectivity index (χ3v) is 4.19. The van der Waals surface area contributed by atoms with Gasteiger partial charge < -0.3 is 10.6 Å². The zero-order chi connectivity index (χ0) is 19.2. The molecule has 0 unspecified atom stereocenters. The topological polar surface area (TPSA) is 71.1 Å². The van der Waals surface area contributed by atoms with Gasteiger partial charge in [-0.25, -0.2) is 0 Å². The summed E-state index contributed by atoms with van der Waals surface area (Å²) in [6, 6.07) is 18.5. The molecule has 136 valence electrons. The van der Waals surface area contributed by atoms with Crippen LogP contribution in [0, 0.1) is 0 Å². The standard InChI is InChI=1S/C22H21N3O2/c1-3-16-7-4-5-8-19(16)25-22(27)18-12-10-17(11-13-18)21-20(24-15(2)26)9-6-14-23-21/h4-14H,3H2,1-2H3,(H,24,26)(H,25,27). The van der Waals surface area contributed by atoms with Gasteiger partial charge in [0.05, 0.1) is 11.4 Å². The first-order valence-electron chi connectivity index (χ1n) is 8.80. The van der Waals surface area contributed by atoms with E-state index in [4.69, 9.17) is 0 Å². The summed E-state index contributed by atoms with van der Waals surface area (Å²) in [6.45, 7) is 3.51. The lowest BCUT2D eigenvalue weighted by Crippen LogP contribution is -2.13. The molecule has 0 saturated heterocycles. The van der Waals surface area contributed by atoms with E-state index in [1.54, 1.807) is 30.5 Å². The maximum Gasteiger partial charge on any atom is 0.255 e. The first kappa shape index (κ1) is 18.3. The first-order valence-corrected chi connectivity index (χ1v) is 8.80. The molecule has 0 aliphatic heterocycles. The Labute approximate surface area is 158 Å². The van der Waals surface area contributed by atoms with Crippen LogP contribution in [0.2, 0.25) is 0 Å². The number of pyridine rings is 1. The van der Waals surface area contributed by atoms with Gasteiger partial charge >= 0.3 is 0 Å². The van der Waals surface area contributed by atoms with Crippen molar-refractivity contribution in [3.05, 3.63) is 78.0 Å². The highest BCUT2D eigenvalue weighted by Crippen LogP contribution is 2.26. The van der Waals surface area contributed by atoms with Crippen LogP contribution in [0.3, 0.4) is 0 Å². The van der Waals surface area contributed by atoms with Gasteiger partial charge in [-0.05, 0) is 42.3 Å². The molecule has 5 heteroatoms. The van der Waals surface area contributed by atoms with Gasteiger partial charge in [0.2, 0.25) is 5.91 Å². The predicted octanol–water partition coefficient (Wildman–Crippen LogP) is 4.52. The molecule has 0 atom stereocenters. The molecule has 0 bridgehead atoms. The van der Waals surface area contributed by atoms with E-state index in [0.717, 1.165) is 23.2 Å². The fourth-order valence-electron chi connectivity index (χ4n) is 2.85. The Morgan fingerprint density at radius 2 is 1.59 bits per heavy atom. The second-order valence-corrected chi connectivity index (χ2v) is 6.12. The van der Waals surface area contributed by atoms with Crippen molar-refractivity contribution in [1.29, 1.82) is 0 Å². The van der Waals surface area contributed by atoms with Gasteiger partial charge in [-0.3, -0.25) is 14.6 Å². The number of amides is 2. The van der Waals surface area contributed by atoms with Gasteiger partial charge in [0, 0.05) is 29.9 Å². The van der Waals surface area contributed by atoms with E-state index in [1.165, 1.54) is 6.92 Å². The van der Waals surface area contributed by atoms with Crippen LogP contribution in [0.15, 0.2) is 66.9 Å². The second kappa shape index (κ2) is 8.27. The van der Waals surface area contributed by atoms with E-state index < -0.39 is 0 Å². The van der Waals surface area contributed by atoms with Crippen molar-refractivity contribution < 1.29 is 9.59 Å². The van der Waals surface area contributed by atoms with Crippen LogP contribution < -0.4 is 10.6 Å². The smallest absolute Gasteiger partial charge is 0.255 e. The molecule has 2 N–H and O–H groups in total. The number of benzene rings is 2. The number of nitrogens with zero attached hydrogens (tertiary/aromatic N) is 1. The zero-order valence-corrected chi connectivity index (χ0v) is 15.3. The van der Waals surface area contributed by atoms with Crippen LogP contribution in [0.25, 0.3) is 11.3 Å². The second-order valence-electron chi connectivity index (χ2n) is 6.12. The number of carbonyl (C=O) groups excluding carboxylic acids is 2. The Hall–Kier alpha value is -3.47. The highest BCUT2D eigenvalue weighted by molar-refractivity contribution is 6.05. The number of carbonyl (C=O) groups is 2. The van der Waals surface area contributed by atoms with Crippen LogP contribution in [-0.4, -0.2) is 16.8 Å². The number of rotatable bonds is 5. The summed E-state index contributed by atoms with van der Waals surface area (Å²) in [5.41, 5.74) is 4.60. The van der Waals surface area contributed by atoms with Crippen LogP contribution in [0.5, 0.6) is 0 Å². The molecule has 5 nitrogen and oxygen atoms in total. The number of hydrogen-bond donors (Lipinski definition) is 2. The van der Waals surface area contributed by atoms with E-state index in [9.17, 15) is 9.59 Å².